The summed E-state index contributed by atoms with van der Waals surface area (Å²) in [4.78, 5) is 21.7. The molecule has 3 rings (SSSR count). The zero-order valence-corrected chi connectivity index (χ0v) is 16.6. The average molecular weight is 446 g/mol. The summed E-state index contributed by atoms with van der Waals surface area (Å²) >= 11 is 11.4. The molecule has 1 unspecified atom stereocenters. The van der Waals surface area contributed by atoms with E-state index in [0.717, 1.165) is 49.7 Å². The first-order chi connectivity index (χ1) is 13.7. The van der Waals surface area contributed by atoms with E-state index in [-0.39, 0.29) is 29.0 Å². The minimum absolute atomic E-state index is 0.0127. The van der Waals surface area contributed by atoms with Crippen molar-refractivity contribution < 1.29 is 19.3 Å². The van der Waals surface area contributed by atoms with Gasteiger partial charge in [-0.25, -0.2) is 4.39 Å². The highest BCUT2D eigenvalue weighted by Gasteiger charge is 2.24. The largest absolute Gasteiger partial charge is 0.394 e. The van der Waals surface area contributed by atoms with Gasteiger partial charge < -0.3 is 10.0 Å². The number of halogens is 3. The molecule has 0 saturated carbocycles. The first-order valence-electron chi connectivity index (χ1n) is 8.65. The lowest BCUT2D eigenvalue weighted by atomic mass is 10.0. The second-order valence-corrected chi connectivity index (χ2v) is 7.09. The van der Waals surface area contributed by atoms with Crippen molar-refractivity contribution in [2.24, 2.45) is 0 Å². The maximum absolute atomic E-state index is 12.4. The van der Waals surface area contributed by atoms with E-state index in [0.29, 0.717) is 5.02 Å². The fourth-order valence-electron chi connectivity index (χ4n) is 2.95. The van der Waals surface area contributed by atoms with Gasteiger partial charge in [-0.15, -0.1) is 0 Å². The average Bonchev–Trinajstić information content (AvgIpc) is 2.70. The SMILES string of the molecule is O=[N+]([O-])c1ccc(F)c(Cl)c1.O=[N+]([O-])c1ccc(N2CCCCC2CO)c(Cl)c1. The van der Waals surface area contributed by atoms with E-state index in [1.807, 2.05) is 4.90 Å². The minimum atomic E-state index is -0.655. The zero-order chi connectivity index (χ0) is 21.6. The quantitative estimate of drug-likeness (QED) is 0.524. The van der Waals surface area contributed by atoms with Gasteiger partial charge in [0.2, 0.25) is 0 Å². The third-order valence-electron chi connectivity index (χ3n) is 4.40. The molecule has 2 aromatic rings. The molecule has 0 radical (unpaired) electrons. The highest BCUT2D eigenvalue weighted by Crippen LogP contribution is 2.33. The van der Waals surface area contributed by atoms with Crippen LogP contribution >= 0.6 is 23.2 Å². The normalized spacial score (nSPS) is 16.0. The van der Waals surface area contributed by atoms with Crippen molar-refractivity contribution in [2.45, 2.75) is 25.3 Å². The lowest BCUT2D eigenvalue weighted by molar-refractivity contribution is -0.385. The van der Waals surface area contributed by atoms with Crippen LogP contribution in [-0.4, -0.2) is 34.1 Å². The molecule has 29 heavy (non-hydrogen) atoms. The topological polar surface area (TPSA) is 110 Å². The molecule has 0 spiro atoms. The van der Waals surface area contributed by atoms with Crippen LogP contribution in [0.1, 0.15) is 19.3 Å². The number of anilines is 1. The fourth-order valence-corrected chi connectivity index (χ4v) is 3.41. The Morgan fingerprint density at radius 2 is 1.62 bits per heavy atom. The van der Waals surface area contributed by atoms with Gasteiger partial charge in [-0.2, -0.15) is 0 Å². The fraction of sp³-hybridized carbons (Fsp3) is 0.333. The van der Waals surface area contributed by atoms with Crippen LogP contribution < -0.4 is 4.90 Å². The summed E-state index contributed by atoms with van der Waals surface area (Å²) in [6.45, 7) is 0.899. The smallest absolute Gasteiger partial charge is 0.271 e. The molecule has 1 fully saturated rings. The van der Waals surface area contributed by atoms with Crippen LogP contribution in [0.5, 0.6) is 0 Å². The number of aliphatic hydroxyl groups is 1. The molecule has 1 saturated heterocycles. The van der Waals surface area contributed by atoms with E-state index in [2.05, 4.69) is 0 Å². The van der Waals surface area contributed by atoms with E-state index >= 15 is 0 Å². The molecule has 156 valence electrons. The third-order valence-corrected chi connectivity index (χ3v) is 5.00. The van der Waals surface area contributed by atoms with Crippen LogP contribution in [0.15, 0.2) is 36.4 Å². The van der Waals surface area contributed by atoms with Crippen molar-refractivity contribution in [3.8, 4) is 0 Å². The van der Waals surface area contributed by atoms with Crippen molar-refractivity contribution in [1.29, 1.82) is 0 Å². The number of non-ortho nitro benzene ring substituents is 2. The molecule has 8 nitrogen and oxygen atoms in total. The van der Waals surface area contributed by atoms with E-state index < -0.39 is 15.7 Å². The number of piperidine rings is 1. The summed E-state index contributed by atoms with van der Waals surface area (Å²) in [5.41, 5.74) is 0.540. The van der Waals surface area contributed by atoms with Crippen LogP contribution in [0.25, 0.3) is 0 Å². The predicted octanol–water partition coefficient (Wildman–Crippen LogP) is 4.99. The molecule has 11 heteroatoms. The van der Waals surface area contributed by atoms with Gasteiger partial charge in [-0.05, 0) is 31.4 Å². The molecule has 0 aromatic heterocycles. The van der Waals surface area contributed by atoms with Crippen molar-refractivity contribution in [3.05, 3.63) is 72.5 Å². The lowest BCUT2D eigenvalue weighted by Crippen LogP contribution is -2.42. The van der Waals surface area contributed by atoms with Crippen LogP contribution in [0.4, 0.5) is 21.5 Å². The number of rotatable bonds is 4. The zero-order valence-electron chi connectivity index (χ0n) is 15.1. The third kappa shape index (κ3) is 5.99. The Bertz CT molecular complexity index is 900. The van der Waals surface area contributed by atoms with Crippen molar-refractivity contribution in [2.75, 3.05) is 18.1 Å². The summed E-state index contributed by atoms with van der Waals surface area (Å²) in [5.74, 6) is -0.655. The summed E-state index contributed by atoms with van der Waals surface area (Å²) in [5, 5.41) is 30.2. The summed E-state index contributed by atoms with van der Waals surface area (Å²) < 4.78 is 12.4. The summed E-state index contributed by atoms with van der Waals surface area (Å²) in [6, 6.07) is 7.51. The maximum atomic E-state index is 12.4. The summed E-state index contributed by atoms with van der Waals surface area (Å²) in [6.07, 6.45) is 3.06. The maximum Gasteiger partial charge on any atom is 0.271 e. The second kappa shape index (κ2) is 10.3. The van der Waals surface area contributed by atoms with E-state index in [1.54, 1.807) is 6.07 Å². The van der Waals surface area contributed by atoms with Gasteiger partial charge in [-0.3, -0.25) is 20.2 Å². The number of benzene rings is 2. The predicted molar refractivity (Wildman–Crippen MR) is 108 cm³/mol. The van der Waals surface area contributed by atoms with Gasteiger partial charge in [0.1, 0.15) is 5.82 Å². The minimum Gasteiger partial charge on any atom is -0.394 e. The molecule has 0 amide bonds. The number of hydrogen-bond donors (Lipinski definition) is 1. The van der Waals surface area contributed by atoms with Crippen LogP contribution in [0, 0.1) is 26.0 Å². The van der Waals surface area contributed by atoms with Gasteiger partial charge in [0.15, 0.2) is 0 Å². The Labute approximate surface area is 175 Å². The lowest BCUT2D eigenvalue weighted by Gasteiger charge is -2.36. The Kier molecular flexibility index (Phi) is 8.12. The molecule has 2 aromatic carbocycles. The Morgan fingerprint density at radius 3 is 2.14 bits per heavy atom. The van der Waals surface area contributed by atoms with Gasteiger partial charge in [0.05, 0.1) is 38.2 Å². The van der Waals surface area contributed by atoms with Crippen molar-refractivity contribution in [3.63, 3.8) is 0 Å². The molecule has 1 aliphatic rings. The van der Waals surface area contributed by atoms with Gasteiger partial charge >= 0.3 is 0 Å². The molecular weight excluding hydrogens is 428 g/mol. The number of hydrogen-bond acceptors (Lipinski definition) is 6. The highest BCUT2D eigenvalue weighted by atomic mass is 35.5. The first-order valence-corrected chi connectivity index (χ1v) is 9.41. The van der Waals surface area contributed by atoms with Crippen molar-refractivity contribution in [1.82, 2.24) is 0 Å². The molecular formula is C18H18Cl2FN3O5. The van der Waals surface area contributed by atoms with Crippen LogP contribution in [-0.2, 0) is 0 Å². The van der Waals surface area contributed by atoms with E-state index in [4.69, 9.17) is 23.2 Å². The Hall–Kier alpha value is -2.49. The molecule has 1 atom stereocenters. The first kappa shape index (κ1) is 22.8. The monoisotopic (exact) mass is 445 g/mol. The molecule has 1 N–H and O–H groups in total. The molecule has 1 aliphatic heterocycles. The molecule has 0 bridgehead atoms. The van der Waals surface area contributed by atoms with E-state index in [9.17, 15) is 29.7 Å². The number of nitro groups is 2. The van der Waals surface area contributed by atoms with Gasteiger partial charge in [0.25, 0.3) is 11.4 Å². The van der Waals surface area contributed by atoms with E-state index in [1.165, 1.54) is 12.1 Å². The van der Waals surface area contributed by atoms with Gasteiger partial charge in [-0.1, -0.05) is 23.2 Å². The Balaban J connectivity index is 0.000000234. The van der Waals surface area contributed by atoms with Crippen LogP contribution in [0.3, 0.4) is 0 Å². The van der Waals surface area contributed by atoms with Crippen LogP contribution in [0.2, 0.25) is 10.0 Å². The standard InChI is InChI=1S/C12H15ClN2O3.C6H3ClFNO2/c13-11-7-9(15(17)18)4-5-12(11)14-6-2-1-3-10(14)8-16;7-5-3-4(9(10)11)1-2-6(5)8/h4-5,7,10,16H,1-3,6,8H2;1-3H. The number of aliphatic hydroxyl groups excluding tert-OH is 1. The number of nitro benzene ring substituents is 2. The van der Waals surface area contributed by atoms with Crippen molar-refractivity contribution >= 4 is 40.3 Å². The second-order valence-electron chi connectivity index (χ2n) is 6.27. The molecule has 1 heterocycles. The Morgan fingerprint density at radius 1 is 1.03 bits per heavy atom. The highest BCUT2D eigenvalue weighted by molar-refractivity contribution is 6.33. The summed E-state index contributed by atoms with van der Waals surface area (Å²) in [7, 11) is 0. The molecule has 0 aliphatic carbocycles. The number of nitrogens with zero attached hydrogens (tertiary/aromatic N) is 3. The van der Waals surface area contributed by atoms with Gasteiger partial charge in [0, 0.05) is 30.8 Å².